The van der Waals surface area contributed by atoms with Crippen molar-refractivity contribution in [2.75, 3.05) is 0 Å². The van der Waals surface area contributed by atoms with Gasteiger partial charge in [-0.15, -0.1) is 0 Å². The Labute approximate surface area is 177 Å². The van der Waals surface area contributed by atoms with Crippen LogP contribution in [0.2, 0.25) is 0 Å². The van der Waals surface area contributed by atoms with Gasteiger partial charge in [-0.2, -0.15) is 0 Å². The van der Waals surface area contributed by atoms with Crippen molar-refractivity contribution in [3.05, 3.63) is 89.0 Å². The first-order chi connectivity index (χ1) is 14.5. The van der Waals surface area contributed by atoms with E-state index in [9.17, 15) is 9.90 Å². The van der Waals surface area contributed by atoms with E-state index in [1.807, 2.05) is 49.4 Å². The van der Waals surface area contributed by atoms with Crippen LogP contribution in [0.3, 0.4) is 0 Å². The number of aryl methyl sites for hydroxylation is 1. The Kier molecular flexibility index (Phi) is 6.16. The summed E-state index contributed by atoms with van der Waals surface area (Å²) in [4.78, 5) is 11.1. The highest BCUT2D eigenvalue weighted by atomic mass is 16.5. The van der Waals surface area contributed by atoms with Crippen molar-refractivity contribution in [3.8, 4) is 0 Å². The molecule has 4 rings (SSSR count). The Balaban J connectivity index is 1.42. The number of hydrogen-bond acceptors (Lipinski definition) is 3. The Bertz CT molecular complexity index is 944. The fourth-order valence-electron chi connectivity index (χ4n) is 4.63. The number of carboxylic acids is 1. The van der Waals surface area contributed by atoms with Crippen LogP contribution in [-0.4, -0.2) is 28.4 Å². The summed E-state index contributed by atoms with van der Waals surface area (Å²) in [6.07, 6.45) is 11.0. The molecular weight excluding hydrogens is 376 g/mol. The SMILES string of the molecule is Cc1ccc(C(O)C=C[C@@H]2[C@@H](CC=Cc3cccc(C(=O)O)c3)[C@H]3CC[C@@H]2O3)cc1. The zero-order valence-corrected chi connectivity index (χ0v) is 17.1. The van der Waals surface area contributed by atoms with Gasteiger partial charge in [0.2, 0.25) is 0 Å². The molecule has 0 saturated carbocycles. The lowest BCUT2D eigenvalue weighted by Gasteiger charge is -2.25. The standard InChI is InChI=1S/C26H28O4/c1-17-8-10-19(11-9-17)23(27)13-12-22-21(24-14-15-25(22)30-24)7-3-5-18-4-2-6-20(16-18)26(28)29/h2-6,8-13,16,21-25,27H,7,14-15H2,1H3,(H,28,29)/t21-,22-,23?,24-,25+/m1/s1. The normalized spacial score (nSPS) is 26.6. The van der Waals surface area contributed by atoms with Gasteiger partial charge in [0, 0.05) is 5.92 Å². The quantitative estimate of drug-likeness (QED) is 0.624. The Morgan fingerprint density at radius 1 is 1.17 bits per heavy atom. The van der Waals surface area contributed by atoms with Crippen LogP contribution >= 0.6 is 0 Å². The molecule has 2 saturated heterocycles. The van der Waals surface area contributed by atoms with Gasteiger partial charge in [0.15, 0.2) is 0 Å². The minimum Gasteiger partial charge on any atom is -0.478 e. The summed E-state index contributed by atoms with van der Waals surface area (Å²) < 4.78 is 6.16. The van der Waals surface area contributed by atoms with E-state index in [2.05, 4.69) is 12.2 Å². The topological polar surface area (TPSA) is 66.8 Å². The minimum absolute atomic E-state index is 0.227. The molecule has 2 aromatic carbocycles. The molecule has 0 aliphatic carbocycles. The molecule has 2 N–H and O–H groups in total. The van der Waals surface area contributed by atoms with Crippen LogP contribution in [0.25, 0.3) is 6.08 Å². The number of hydrogen-bond donors (Lipinski definition) is 2. The molecular formula is C26H28O4. The number of aliphatic hydroxyl groups excluding tert-OH is 1. The summed E-state index contributed by atoms with van der Waals surface area (Å²) in [5.41, 5.74) is 3.26. The molecule has 2 heterocycles. The monoisotopic (exact) mass is 404 g/mol. The van der Waals surface area contributed by atoms with E-state index in [4.69, 9.17) is 9.84 Å². The molecule has 156 valence electrons. The fraction of sp³-hybridized carbons (Fsp3) is 0.346. The third-order valence-electron chi connectivity index (χ3n) is 6.27. The van der Waals surface area contributed by atoms with Crippen LogP contribution in [0.4, 0.5) is 0 Å². The van der Waals surface area contributed by atoms with Gasteiger partial charge in [-0.1, -0.05) is 66.3 Å². The van der Waals surface area contributed by atoms with E-state index < -0.39 is 12.1 Å². The molecule has 2 aliphatic heterocycles. The number of carbonyl (C=O) groups is 1. The van der Waals surface area contributed by atoms with Crippen molar-refractivity contribution >= 4 is 12.0 Å². The van der Waals surface area contributed by atoms with Crippen LogP contribution in [0.5, 0.6) is 0 Å². The summed E-state index contributed by atoms with van der Waals surface area (Å²) in [5.74, 6) is -0.243. The van der Waals surface area contributed by atoms with E-state index in [1.54, 1.807) is 18.2 Å². The lowest BCUT2D eigenvalue weighted by atomic mass is 9.77. The van der Waals surface area contributed by atoms with Gasteiger partial charge in [-0.05, 0) is 55.4 Å². The minimum atomic E-state index is -0.913. The molecule has 0 aromatic heterocycles. The van der Waals surface area contributed by atoms with E-state index in [0.29, 0.717) is 17.4 Å². The van der Waals surface area contributed by atoms with Crippen LogP contribution in [0.1, 0.15) is 52.4 Å². The highest BCUT2D eigenvalue weighted by Gasteiger charge is 2.46. The molecule has 4 nitrogen and oxygen atoms in total. The Morgan fingerprint density at radius 3 is 2.70 bits per heavy atom. The number of allylic oxidation sites excluding steroid dienone is 1. The number of fused-ring (bicyclic) bond motifs is 2. The first-order valence-electron chi connectivity index (χ1n) is 10.6. The predicted molar refractivity (Wildman–Crippen MR) is 117 cm³/mol. The maximum absolute atomic E-state index is 11.1. The van der Waals surface area contributed by atoms with Gasteiger partial charge in [0.05, 0.1) is 23.9 Å². The highest BCUT2D eigenvalue weighted by molar-refractivity contribution is 5.88. The van der Waals surface area contributed by atoms with E-state index in [0.717, 1.165) is 30.4 Å². The second kappa shape index (κ2) is 8.99. The van der Waals surface area contributed by atoms with Gasteiger partial charge in [0.1, 0.15) is 0 Å². The largest absolute Gasteiger partial charge is 0.478 e. The van der Waals surface area contributed by atoms with Crippen LogP contribution in [0.15, 0.2) is 66.8 Å². The smallest absolute Gasteiger partial charge is 0.335 e. The van der Waals surface area contributed by atoms with Crippen LogP contribution in [0, 0.1) is 18.8 Å². The van der Waals surface area contributed by atoms with Gasteiger partial charge in [-0.3, -0.25) is 0 Å². The van der Waals surface area contributed by atoms with Crippen molar-refractivity contribution in [1.29, 1.82) is 0 Å². The zero-order chi connectivity index (χ0) is 21.1. The van der Waals surface area contributed by atoms with Gasteiger partial charge < -0.3 is 14.9 Å². The number of aromatic carboxylic acids is 1. The molecule has 5 atom stereocenters. The van der Waals surface area contributed by atoms with E-state index in [-0.39, 0.29) is 12.2 Å². The summed E-state index contributed by atoms with van der Waals surface area (Å²) in [7, 11) is 0. The second-order valence-electron chi connectivity index (χ2n) is 8.34. The first-order valence-corrected chi connectivity index (χ1v) is 10.6. The number of benzene rings is 2. The zero-order valence-electron chi connectivity index (χ0n) is 17.1. The van der Waals surface area contributed by atoms with Gasteiger partial charge >= 0.3 is 5.97 Å². The third-order valence-corrected chi connectivity index (χ3v) is 6.27. The van der Waals surface area contributed by atoms with Gasteiger partial charge in [-0.25, -0.2) is 4.79 Å². The highest BCUT2D eigenvalue weighted by Crippen LogP contribution is 2.46. The average Bonchev–Trinajstić information content (AvgIpc) is 3.35. The van der Waals surface area contributed by atoms with Crippen LogP contribution in [-0.2, 0) is 4.74 Å². The van der Waals surface area contributed by atoms with Crippen molar-refractivity contribution in [2.45, 2.75) is 44.5 Å². The van der Waals surface area contributed by atoms with Crippen molar-refractivity contribution < 1.29 is 19.7 Å². The Hall–Kier alpha value is -2.69. The summed E-state index contributed by atoms with van der Waals surface area (Å²) in [6.45, 7) is 2.04. The molecule has 1 unspecified atom stereocenters. The summed E-state index contributed by atoms with van der Waals surface area (Å²) >= 11 is 0. The second-order valence-corrected chi connectivity index (χ2v) is 8.34. The maximum atomic E-state index is 11.1. The number of aliphatic hydroxyl groups is 1. The van der Waals surface area contributed by atoms with Gasteiger partial charge in [0.25, 0.3) is 0 Å². The van der Waals surface area contributed by atoms with E-state index >= 15 is 0 Å². The summed E-state index contributed by atoms with van der Waals surface area (Å²) in [6, 6.07) is 14.9. The van der Waals surface area contributed by atoms with Crippen molar-refractivity contribution in [2.24, 2.45) is 11.8 Å². The number of carboxylic acid groups (broad SMARTS) is 1. The molecule has 2 aliphatic rings. The molecule has 2 fully saturated rings. The molecule has 30 heavy (non-hydrogen) atoms. The molecule has 2 aromatic rings. The lowest BCUT2D eigenvalue weighted by molar-refractivity contribution is 0.0696. The third kappa shape index (κ3) is 4.55. The first kappa shape index (κ1) is 20.6. The van der Waals surface area contributed by atoms with Crippen molar-refractivity contribution in [3.63, 3.8) is 0 Å². The Morgan fingerprint density at radius 2 is 1.93 bits per heavy atom. The molecule has 0 amide bonds. The fourth-order valence-corrected chi connectivity index (χ4v) is 4.63. The van der Waals surface area contributed by atoms with Crippen molar-refractivity contribution in [1.82, 2.24) is 0 Å². The van der Waals surface area contributed by atoms with Crippen LogP contribution < -0.4 is 0 Å². The number of ether oxygens (including phenoxy) is 1. The molecule has 0 spiro atoms. The molecule has 2 bridgehead atoms. The summed E-state index contributed by atoms with van der Waals surface area (Å²) in [5, 5.41) is 19.7. The number of rotatable bonds is 7. The molecule has 4 heteroatoms. The van der Waals surface area contributed by atoms with E-state index in [1.165, 1.54) is 5.56 Å². The predicted octanol–water partition coefficient (Wildman–Crippen LogP) is 5.18. The maximum Gasteiger partial charge on any atom is 0.335 e. The lowest BCUT2D eigenvalue weighted by Crippen LogP contribution is -2.25. The molecule has 0 radical (unpaired) electrons. The average molecular weight is 405 g/mol.